The number of hydrogen-bond donors (Lipinski definition) is 0. The van der Waals surface area contributed by atoms with Gasteiger partial charge < -0.3 is 4.42 Å². The van der Waals surface area contributed by atoms with Crippen LogP contribution in [0.1, 0.15) is 60.8 Å². The van der Waals surface area contributed by atoms with Crippen LogP contribution in [0.3, 0.4) is 0 Å². The molecule has 1 rings (SSSR count). The van der Waals surface area contributed by atoms with E-state index in [1.54, 1.807) is 0 Å². The summed E-state index contributed by atoms with van der Waals surface area (Å²) in [5.74, 6) is 1.41. The van der Waals surface area contributed by atoms with Crippen LogP contribution in [0.5, 0.6) is 0 Å². The fraction of sp³-hybridized carbons (Fsp3) is 0.818. The highest BCUT2D eigenvalue weighted by molar-refractivity contribution is 5.01. The van der Waals surface area contributed by atoms with Crippen molar-refractivity contribution in [3.63, 3.8) is 0 Å². The SMILES string of the molecule is C.CC(C)(C)c1nnc(C(C)(C)C)o1. The van der Waals surface area contributed by atoms with Gasteiger partial charge in [-0.1, -0.05) is 49.0 Å². The maximum atomic E-state index is 5.59. The Morgan fingerprint density at radius 1 is 0.786 bits per heavy atom. The Balaban J connectivity index is 0.00000169. The van der Waals surface area contributed by atoms with E-state index >= 15 is 0 Å². The molecule has 1 aromatic rings. The van der Waals surface area contributed by atoms with Gasteiger partial charge in [0, 0.05) is 10.8 Å². The zero-order valence-corrected chi connectivity index (χ0v) is 9.30. The van der Waals surface area contributed by atoms with Gasteiger partial charge in [0.15, 0.2) is 0 Å². The van der Waals surface area contributed by atoms with E-state index in [0.717, 1.165) is 0 Å². The molecule has 0 amide bonds. The smallest absolute Gasteiger partial charge is 0.221 e. The third-order valence-electron chi connectivity index (χ3n) is 1.71. The van der Waals surface area contributed by atoms with Crippen LogP contribution in [0.25, 0.3) is 0 Å². The maximum Gasteiger partial charge on any atom is 0.221 e. The molecule has 82 valence electrons. The number of aromatic nitrogens is 2. The molecule has 0 atom stereocenters. The molecule has 1 aromatic heterocycles. The van der Waals surface area contributed by atoms with Gasteiger partial charge in [0.05, 0.1) is 0 Å². The zero-order chi connectivity index (χ0) is 10.3. The molecule has 0 spiro atoms. The maximum absolute atomic E-state index is 5.59. The van der Waals surface area contributed by atoms with Crippen LogP contribution in [0, 0.1) is 0 Å². The van der Waals surface area contributed by atoms with Crippen molar-refractivity contribution in [2.75, 3.05) is 0 Å². The summed E-state index contributed by atoms with van der Waals surface area (Å²) in [5.41, 5.74) is -0.118. The predicted octanol–water partition coefficient (Wildman–Crippen LogP) is 3.30. The molecule has 0 N–H and O–H groups in total. The Bertz CT molecular complexity index is 260. The minimum atomic E-state index is -0.0590. The molecule has 0 aliphatic rings. The topological polar surface area (TPSA) is 38.9 Å². The number of nitrogens with zero attached hydrogens (tertiary/aromatic N) is 2. The molecule has 0 saturated heterocycles. The molecule has 0 saturated carbocycles. The zero-order valence-electron chi connectivity index (χ0n) is 9.30. The molecule has 3 nitrogen and oxygen atoms in total. The highest BCUT2D eigenvalue weighted by Gasteiger charge is 2.26. The summed E-state index contributed by atoms with van der Waals surface area (Å²) in [5, 5.41) is 8.07. The van der Waals surface area contributed by atoms with Gasteiger partial charge in [-0.25, -0.2) is 0 Å². The fourth-order valence-electron chi connectivity index (χ4n) is 0.829. The second kappa shape index (κ2) is 3.71. The number of rotatable bonds is 0. The van der Waals surface area contributed by atoms with Gasteiger partial charge in [-0.05, 0) is 0 Å². The normalized spacial score (nSPS) is 12.4. The Kier molecular flexibility index (Phi) is 3.49. The summed E-state index contributed by atoms with van der Waals surface area (Å²) in [7, 11) is 0. The van der Waals surface area contributed by atoms with Crippen molar-refractivity contribution in [2.24, 2.45) is 0 Å². The molecule has 0 fully saturated rings. The van der Waals surface area contributed by atoms with E-state index in [1.165, 1.54) is 0 Å². The minimum absolute atomic E-state index is 0. The second-order valence-electron chi connectivity index (χ2n) is 5.41. The van der Waals surface area contributed by atoms with Gasteiger partial charge in [0.25, 0.3) is 0 Å². The largest absolute Gasteiger partial charge is 0.424 e. The summed E-state index contributed by atoms with van der Waals surface area (Å²) >= 11 is 0. The van der Waals surface area contributed by atoms with Gasteiger partial charge in [0.1, 0.15) is 0 Å². The summed E-state index contributed by atoms with van der Waals surface area (Å²) in [6.45, 7) is 12.4. The lowest BCUT2D eigenvalue weighted by atomic mass is 9.96. The molecule has 0 aliphatic heterocycles. The van der Waals surface area contributed by atoms with Crippen molar-refractivity contribution in [2.45, 2.75) is 59.8 Å². The molecule has 0 aliphatic carbocycles. The van der Waals surface area contributed by atoms with E-state index in [2.05, 4.69) is 51.7 Å². The first-order chi connectivity index (χ1) is 5.71. The highest BCUT2D eigenvalue weighted by atomic mass is 16.4. The fourth-order valence-corrected chi connectivity index (χ4v) is 0.829. The van der Waals surface area contributed by atoms with Crippen molar-refractivity contribution < 1.29 is 4.42 Å². The van der Waals surface area contributed by atoms with Crippen molar-refractivity contribution in [1.82, 2.24) is 10.2 Å². The second-order valence-corrected chi connectivity index (χ2v) is 5.41. The van der Waals surface area contributed by atoms with E-state index in [1.807, 2.05) is 0 Å². The van der Waals surface area contributed by atoms with Crippen LogP contribution in [-0.4, -0.2) is 10.2 Å². The summed E-state index contributed by atoms with van der Waals surface area (Å²) < 4.78 is 5.59. The Hall–Kier alpha value is -0.860. The summed E-state index contributed by atoms with van der Waals surface area (Å²) in [6, 6.07) is 0. The minimum Gasteiger partial charge on any atom is -0.424 e. The van der Waals surface area contributed by atoms with Crippen LogP contribution in [-0.2, 0) is 10.8 Å². The van der Waals surface area contributed by atoms with Crippen molar-refractivity contribution >= 4 is 0 Å². The van der Waals surface area contributed by atoms with Gasteiger partial charge in [0.2, 0.25) is 11.8 Å². The first-order valence-electron chi connectivity index (χ1n) is 4.56. The van der Waals surface area contributed by atoms with Crippen LogP contribution in [0.15, 0.2) is 4.42 Å². The molecule has 0 bridgehead atoms. The Morgan fingerprint density at radius 3 is 1.21 bits per heavy atom. The van der Waals surface area contributed by atoms with Crippen molar-refractivity contribution in [1.29, 1.82) is 0 Å². The first kappa shape index (κ1) is 13.1. The molecule has 14 heavy (non-hydrogen) atoms. The highest BCUT2D eigenvalue weighted by Crippen LogP contribution is 2.25. The van der Waals surface area contributed by atoms with Crippen LogP contribution in [0.2, 0.25) is 0 Å². The molecular formula is C11H22N2O. The van der Waals surface area contributed by atoms with Gasteiger partial charge in [-0.15, -0.1) is 10.2 Å². The van der Waals surface area contributed by atoms with Crippen LogP contribution < -0.4 is 0 Å². The van der Waals surface area contributed by atoms with Crippen molar-refractivity contribution in [3.05, 3.63) is 11.8 Å². The molecule has 0 radical (unpaired) electrons. The van der Waals surface area contributed by atoms with Gasteiger partial charge in [-0.3, -0.25) is 0 Å². The van der Waals surface area contributed by atoms with Crippen molar-refractivity contribution in [3.8, 4) is 0 Å². The van der Waals surface area contributed by atoms with E-state index in [4.69, 9.17) is 4.42 Å². The lowest BCUT2D eigenvalue weighted by Crippen LogP contribution is -2.12. The Morgan fingerprint density at radius 2 is 1.07 bits per heavy atom. The van der Waals surface area contributed by atoms with Crippen LogP contribution in [0.4, 0.5) is 0 Å². The molecule has 1 heterocycles. The average Bonchev–Trinajstić information content (AvgIpc) is 2.28. The van der Waals surface area contributed by atoms with E-state index < -0.39 is 0 Å². The average molecular weight is 198 g/mol. The quantitative estimate of drug-likeness (QED) is 0.642. The number of hydrogen-bond acceptors (Lipinski definition) is 3. The third kappa shape index (κ3) is 2.82. The van der Waals surface area contributed by atoms with E-state index in [0.29, 0.717) is 11.8 Å². The van der Waals surface area contributed by atoms with Crippen LogP contribution >= 0.6 is 0 Å². The van der Waals surface area contributed by atoms with E-state index in [-0.39, 0.29) is 18.3 Å². The van der Waals surface area contributed by atoms with Gasteiger partial charge >= 0.3 is 0 Å². The molecule has 3 heteroatoms. The first-order valence-corrected chi connectivity index (χ1v) is 4.56. The standard InChI is InChI=1S/C10H18N2O.CH4/c1-9(2,3)7-11-12-8(13-7)10(4,5)6;/h1-6H3;1H4. The molecule has 0 unspecified atom stereocenters. The lowest BCUT2D eigenvalue weighted by Gasteiger charge is -2.14. The van der Waals surface area contributed by atoms with E-state index in [9.17, 15) is 0 Å². The molecular weight excluding hydrogens is 176 g/mol. The lowest BCUT2D eigenvalue weighted by molar-refractivity contribution is 0.331. The predicted molar refractivity (Wildman–Crippen MR) is 58.4 cm³/mol. The van der Waals surface area contributed by atoms with Gasteiger partial charge in [-0.2, -0.15) is 0 Å². The summed E-state index contributed by atoms with van der Waals surface area (Å²) in [6.07, 6.45) is 0. The summed E-state index contributed by atoms with van der Waals surface area (Å²) in [4.78, 5) is 0. The Labute approximate surface area is 86.9 Å². The molecule has 0 aromatic carbocycles. The monoisotopic (exact) mass is 198 g/mol. The third-order valence-corrected chi connectivity index (χ3v) is 1.71.